The highest BCUT2D eigenvalue weighted by Gasteiger charge is 2.24. The summed E-state index contributed by atoms with van der Waals surface area (Å²) in [7, 11) is 0. The molecule has 0 saturated carbocycles. The van der Waals surface area contributed by atoms with Crippen molar-refractivity contribution in [3.8, 4) is 0 Å². The van der Waals surface area contributed by atoms with Crippen molar-refractivity contribution >= 4 is 28.6 Å². The highest BCUT2D eigenvalue weighted by molar-refractivity contribution is 7.16. The fourth-order valence-electron chi connectivity index (χ4n) is 2.63. The Balaban J connectivity index is 1.95. The van der Waals surface area contributed by atoms with E-state index in [1.165, 1.54) is 17.0 Å². The molecule has 1 aromatic heterocycles. The Kier molecular flexibility index (Phi) is 3.69. The minimum atomic E-state index is -0.554. The van der Waals surface area contributed by atoms with Gasteiger partial charge in [0.25, 0.3) is 0 Å². The van der Waals surface area contributed by atoms with Crippen LogP contribution in [0, 0.1) is 18.6 Å². The first-order valence-electron chi connectivity index (χ1n) is 6.55. The lowest BCUT2D eigenvalue weighted by Crippen LogP contribution is -2.17. The van der Waals surface area contributed by atoms with E-state index in [1.54, 1.807) is 18.3 Å². The lowest BCUT2D eigenvalue weighted by molar-refractivity contribution is 0.561. The second kappa shape index (κ2) is 5.34. The number of anilines is 1. The van der Waals surface area contributed by atoms with Gasteiger partial charge in [-0.05, 0) is 49.4 Å². The third-order valence-corrected chi connectivity index (χ3v) is 5.03. The van der Waals surface area contributed by atoms with Gasteiger partial charge in [0.15, 0.2) is 5.82 Å². The predicted octanol–water partition coefficient (Wildman–Crippen LogP) is 5.48. The van der Waals surface area contributed by atoms with E-state index in [0.29, 0.717) is 5.56 Å². The Labute approximate surface area is 125 Å². The van der Waals surface area contributed by atoms with Crippen LogP contribution in [-0.4, -0.2) is 0 Å². The van der Waals surface area contributed by atoms with Crippen LogP contribution in [0.15, 0.2) is 18.2 Å². The number of fused-ring (bicyclic) bond motifs is 1. The topological polar surface area (TPSA) is 12.0 Å². The first-order chi connectivity index (χ1) is 9.56. The molecule has 0 saturated heterocycles. The molecular formula is C15H14ClF2NS. The third-order valence-electron chi connectivity index (χ3n) is 3.69. The van der Waals surface area contributed by atoms with Crippen LogP contribution >= 0.6 is 22.9 Å². The Hall–Kier alpha value is -1.13. The maximum Gasteiger partial charge on any atom is 0.152 e. The molecule has 1 heterocycles. The van der Waals surface area contributed by atoms with E-state index in [4.69, 9.17) is 11.6 Å². The third kappa shape index (κ3) is 2.42. The molecule has 1 aromatic carbocycles. The molecule has 0 amide bonds. The van der Waals surface area contributed by atoms with Gasteiger partial charge in [-0.2, -0.15) is 0 Å². The summed E-state index contributed by atoms with van der Waals surface area (Å²) in [5.41, 5.74) is 1.48. The van der Waals surface area contributed by atoms with Crippen LogP contribution in [0.25, 0.3) is 0 Å². The van der Waals surface area contributed by atoms with E-state index in [0.717, 1.165) is 29.2 Å². The van der Waals surface area contributed by atoms with Gasteiger partial charge in [0.1, 0.15) is 11.5 Å². The van der Waals surface area contributed by atoms with Crippen molar-refractivity contribution < 1.29 is 8.78 Å². The number of thiophene rings is 1. The van der Waals surface area contributed by atoms with E-state index in [9.17, 15) is 8.78 Å². The number of rotatable bonds is 2. The van der Waals surface area contributed by atoms with Crippen LogP contribution in [0.4, 0.5) is 14.5 Å². The smallest absolute Gasteiger partial charge is 0.152 e. The van der Waals surface area contributed by atoms with Crippen LogP contribution in [0.5, 0.6) is 0 Å². The molecule has 1 atom stereocenters. The molecule has 5 heteroatoms. The maximum atomic E-state index is 14.1. The molecule has 0 fully saturated rings. The quantitative estimate of drug-likeness (QED) is 0.774. The molecule has 3 rings (SSSR count). The van der Waals surface area contributed by atoms with Crippen molar-refractivity contribution in [3.05, 3.63) is 50.2 Å². The standard InChI is InChI=1S/C15H14ClF2NS/c1-8-5-6-10(17)15(14(8)18)19-11-3-2-4-12-9(11)7-13(16)20-12/h5-7,11,19H,2-4H2,1H3. The van der Waals surface area contributed by atoms with E-state index in [-0.39, 0.29) is 11.7 Å². The molecule has 0 spiro atoms. The zero-order chi connectivity index (χ0) is 14.3. The molecule has 0 radical (unpaired) electrons. The monoisotopic (exact) mass is 313 g/mol. The predicted molar refractivity (Wildman–Crippen MR) is 79.7 cm³/mol. The largest absolute Gasteiger partial charge is 0.373 e. The maximum absolute atomic E-state index is 14.1. The molecule has 1 aliphatic carbocycles. The van der Waals surface area contributed by atoms with Crippen LogP contribution in [-0.2, 0) is 6.42 Å². The van der Waals surface area contributed by atoms with E-state index in [2.05, 4.69) is 5.32 Å². The zero-order valence-corrected chi connectivity index (χ0v) is 12.5. The molecule has 1 nitrogen and oxygen atoms in total. The number of hydrogen-bond donors (Lipinski definition) is 1. The summed E-state index contributed by atoms with van der Waals surface area (Å²) < 4.78 is 28.6. The first-order valence-corrected chi connectivity index (χ1v) is 7.75. The zero-order valence-electron chi connectivity index (χ0n) is 11.0. The average molecular weight is 314 g/mol. The van der Waals surface area contributed by atoms with Crippen LogP contribution < -0.4 is 5.32 Å². The highest BCUT2D eigenvalue weighted by atomic mass is 35.5. The van der Waals surface area contributed by atoms with Gasteiger partial charge < -0.3 is 5.32 Å². The lowest BCUT2D eigenvalue weighted by Gasteiger charge is -2.25. The molecule has 1 unspecified atom stereocenters. The second-order valence-electron chi connectivity index (χ2n) is 5.07. The van der Waals surface area contributed by atoms with E-state index < -0.39 is 11.6 Å². The lowest BCUT2D eigenvalue weighted by atomic mass is 9.93. The summed E-state index contributed by atoms with van der Waals surface area (Å²) in [6.07, 6.45) is 2.84. The van der Waals surface area contributed by atoms with Gasteiger partial charge in [-0.3, -0.25) is 0 Å². The van der Waals surface area contributed by atoms with Crippen molar-refractivity contribution in [2.45, 2.75) is 32.2 Å². The number of aryl methyl sites for hydroxylation is 2. The number of benzene rings is 1. The molecule has 2 aromatic rings. The Morgan fingerprint density at radius 3 is 2.95 bits per heavy atom. The SMILES string of the molecule is Cc1ccc(F)c(NC2CCCc3sc(Cl)cc32)c1F. The van der Waals surface area contributed by atoms with Crippen molar-refractivity contribution in [2.75, 3.05) is 5.32 Å². The molecular weight excluding hydrogens is 300 g/mol. The second-order valence-corrected chi connectivity index (χ2v) is 6.84. The van der Waals surface area contributed by atoms with Crippen molar-refractivity contribution in [3.63, 3.8) is 0 Å². The summed E-state index contributed by atoms with van der Waals surface area (Å²) in [6, 6.07) is 4.58. The van der Waals surface area contributed by atoms with Gasteiger partial charge in [-0.15, -0.1) is 11.3 Å². The summed E-state index contributed by atoms with van der Waals surface area (Å²) in [6.45, 7) is 1.63. The van der Waals surface area contributed by atoms with E-state index in [1.807, 2.05) is 6.07 Å². The van der Waals surface area contributed by atoms with Crippen LogP contribution in [0.3, 0.4) is 0 Å². The van der Waals surface area contributed by atoms with Gasteiger partial charge in [-0.25, -0.2) is 8.78 Å². The Morgan fingerprint density at radius 2 is 2.15 bits per heavy atom. The molecule has 0 bridgehead atoms. The molecule has 1 N–H and O–H groups in total. The van der Waals surface area contributed by atoms with Crippen LogP contribution in [0.2, 0.25) is 4.34 Å². The summed E-state index contributed by atoms with van der Waals surface area (Å²) in [5.74, 6) is -1.07. The van der Waals surface area contributed by atoms with Crippen molar-refractivity contribution in [1.29, 1.82) is 0 Å². The van der Waals surface area contributed by atoms with Gasteiger partial charge in [0.2, 0.25) is 0 Å². The van der Waals surface area contributed by atoms with Gasteiger partial charge in [0.05, 0.1) is 10.4 Å². The molecule has 0 aliphatic heterocycles. The molecule has 20 heavy (non-hydrogen) atoms. The first kappa shape index (κ1) is 13.8. The Morgan fingerprint density at radius 1 is 1.35 bits per heavy atom. The number of hydrogen-bond acceptors (Lipinski definition) is 2. The fourth-order valence-corrected chi connectivity index (χ4v) is 4.02. The Bertz CT molecular complexity index is 654. The average Bonchev–Trinajstić information content (AvgIpc) is 2.80. The van der Waals surface area contributed by atoms with E-state index >= 15 is 0 Å². The van der Waals surface area contributed by atoms with Crippen molar-refractivity contribution in [2.24, 2.45) is 0 Å². The minimum absolute atomic E-state index is 0.0369. The number of nitrogens with one attached hydrogen (secondary N) is 1. The molecule has 106 valence electrons. The summed E-state index contributed by atoms with van der Waals surface area (Å²) >= 11 is 7.60. The fraction of sp³-hybridized carbons (Fsp3) is 0.333. The van der Waals surface area contributed by atoms with Crippen molar-refractivity contribution in [1.82, 2.24) is 0 Å². The molecule has 1 aliphatic rings. The summed E-state index contributed by atoms with van der Waals surface area (Å²) in [4.78, 5) is 1.22. The highest BCUT2D eigenvalue weighted by Crippen LogP contribution is 2.40. The normalized spacial score (nSPS) is 17.9. The number of halogens is 3. The summed E-state index contributed by atoms with van der Waals surface area (Å²) in [5, 5.41) is 3.03. The van der Waals surface area contributed by atoms with Gasteiger partial charge in [0, 0.05) is 4.88 Å². The van der Waals surface area contributed by atoms with Crippen LogP contribution in [0.1, 0.15) is 34.9 Å². The minimum Gasteiger partial charge on any atom is -0.373 e. The van der Waals surface area contributed by atoms with Gasteiger partial charge >= 0.3 is 0 Å². The van der Waals surface area contributed by atoms with Gasteiger partial charge in [-0.1, -0.05) is 17.7 Å².